The van der Waals surface area contributed by atoms with Crippen molar-refractivity contribution in [3.8, 4) is 0 Å². The van der Waals surface area contributed by atoms with Gasteiger partial charge >= 0.3 is 14.5 Å². The molecular weight excluding hydrogens is 237 g/mol. The van der Waals surface area contributed by atoms with Gasteiger partial charge in [0.15, 0.2) is 0 Å². The molecule has 0 aromatic carbocycles. The summed E-state index contributed by atoms with van der Waals surface area (Å²) >= 11 is -0.899. The van der Waals surface area contributed by atoms with Crippen molar-refractivity contribution in [2.24, 2.45) is 5.92 Å². The van der Waals surface area contributed by atoms with E-state index < -0.39 is 14.5 Å². The van der Waals surface area contributed by atoms with Gasteiger partial charge in [-0.05, 0) is 45.3 Å². The molecule has 1 heterocycles. The third-order valence-electron chi connectivity index (χ3n) is 4.37. The van der Waals surface area contributed by atoms with Gasteiger partial charge in [0, 0.05) is 6.10 Å². The van der Waals surface area contributed by atoms with Gasteiger partial charge in [0.2, 0.25) is 0 Å². The molecule has 2 nitrogen and oxygen atoms in total. The Hall–Kier alpha value is 0.452. The standard InChI is InChI=1S/C9H18NO.2C3H7.Al/c1-3-10-6-4-9(5-7-10)8(2)11;2*1-3-2;/h8-9H,3-7H2,1-2H3;2*1,3H2,2H3;/q-1;;;+1. The number of nitrogens with zero attached hydrogens (tertiary/aromatic N) is 1. The zero-order valence-electron chi connectivity index (χ0n) is 13.0. The van der Waals surface area contributed by atoms with Crippen LogP contribution in [0.5, 0.6) is 0 Å². The van der Waals surface area contributed by atoms with Crippen molar-refractivity contribution in [3.63, 3.8) is 0 Å². The molecule has 1 aliphatic heterocycles. The van der Waals surface area contributed by atoms with E-state index in [-0.39, 0.29) is 0 Å². The minimum atomic E-state index is -0.899. The fourth-order valence-electron chi connectivity index (χ4n) is 3.08. The molecule has 18 heavy (non-hydrogen) atoms. The third-order valence-corrected chi connectivity index (χ3v) is 7.63. The van der Waals surface area contributed by atoms with Gasteiger partial charge in [-0.3, -0.25) is 0 Å². The lowest BCUT2D eigenvalue weighted by atomic mass is 9.92. The summed E-state index contributed by atoms with van der Waals surface area (Å²) in [4.78, 5) is 2.57. The van der Waals surface area contributed by atoms with Crippen LogP contribution in [0, 0.1) is 5.92 Å². The summed E-state index contributed by atoms with van der Waals surface area (Å²) in [5, 5.41) is 2.73. The average Bonchev–Trinajstić information content (AvgIpc) is 2.39. The molecule has 0 saturated carbocycles. The van der Waals surface area contributed by atoms with Gasteiger partial charge in [-0.1, -0.05) is 44.2 Å². The summed E-state index contributed by atoms with van der Waals surface area (Å²) in [6.45, 7) is 13.0. The molecule has 1 rings (SSSR count). The Morgan fingerprint density at radius 1 is 1.11 bits per heavy atom. The van der Waals surface area contributed by atoms with Crippen molar-refractivity contribution >= 4 is 14.5 Å². The molecule has 0 bridgehead atoms. The normalized spacial score (nSPS) is 20.0. The van der Waals surface area contributed by atoms with Gasteiger partial charge in [0.05, 0.1) is 0 Å². The second kappa shape index (κ2) is 9.37. The van der Waals surface area contributed by atoms with Crippen molar-refractivity contribution in [1.82, 2.24) is 4.90 Å². The minimum absolute atomic E-state index is 0.513. The van der Waals surface area contributed by atoms with Crippen molar-refractivity contribution in [2.45, 2.75) is 70.0 Å². The van der Waals surface area contributed by atoms with Crippen LogP contribution in [-0.2, 0) is 3.79 Å². The number of hydrogen-bond donors (Lipinski definition) is 0. The predicted octanol–water partition coefficient (Wildman–Crippen LogP) is 3.93. The molecule has 0 amide bonds. The van der Waals surface area contributed by atoms with E-state index >= 15 is 0 Å². The van der Waals surface area contributed by atoms with E-state index in [1.165, 1.54) is 55.9 Å². The fraction of sp³-hybridized carbons (Fsp3) is 1.00. The molecule has 106 valence electrons. The molecule has 1 saturated heterocycles. The highest BCUT2D eigenvalue weighted by Crippen LogP contribution is 2.24. The maximum Gasteiger partial charge on any atom is 0.460 e. The molecule has 1 aliphatic rings. The van der Waals surface area contributed by atoms with Crippen LogP contribution in [0.3, 0.4) is 0 Å². The molecule has 1 atom stereocenters. The first-order chi connectivity index (χ1) is 8.71. The van der Waals surface area contributed by atoms with Crippen molar-refractivity contribution < 1.29 is 3.79 Å². The topological polar surface area (TPSA) is 12.5 Å². The smallest absolute Gasteiger partial charge is 0.460 e. The molecular formula is C15H32AlNO. The van der Waals surface area contributed by atoms with Crippen LogP contribution >= 0.6 is 0 Å². The van der Waals surface area contributed by atoms with Crippen molar-refractivity contribution in [3.05, 3.63) is 0 Å². The second-order valence-electron chi connectivity index (χ2n) is 5.81. The summed E-state index contributed by atoms with van der Waals surface area (Å²) in [6.07, 6.45) is 5.80. The molecule has 0 N–H and O–H groups in total. The molecule has 3 heteroatoms. The van der Waals surface area contributed by atoms with Crippen LogP contribution in [0.15, 0.2) is 0 Å². The van der Waals surface area contributed by atoms with Crippen LogP contribution < -0.4 is 0 Å². The Morgan fingerprint density at radius 3 is 2.11 bits per heavy atom. The first kappa shape index (κ1) is 16.5. The van der Waals surface area contributed by atoms with Crippen LogP contribution in [0.4, 0.5) is 0 Å². The zero-order valence-corrected chi connectivity index (χ0v) is 14.1. The number of hydrogen-bond acceptors (Lipinski definition) is 2. The molecule has 0 aromatic rings. The molecule has 0 aliphatic carbocycles. The number of rotatable bonds is 8. The van der Waals surface area contributed by atoms with E-state index in [4.69, 9.17) is 3.79 Å². The third kappa shape index (κ3) is 5.61. The van der Waals surface area contributed by atoms with E-state index in [1.54, 1.807) is 0 Å². The molecule has 0 radical (unpaired) electrons. The minimum Gasteiger partial charge on any atom is -0.498 e. The number of piperidine rings is 1. The molecule has 0 spiro atoms. The molecule has 0 aromatic heterocycles. The highest BCUT2D eigenvalue weighted by Gasteiger charge is 2.27. The lowest BCUT2D eigenvalue weighted by molar-refractivity contribution is 0.0882. The Morgan fingerprint density at radius 2 is 1.67 bits per heavy atom. The predicted molar refractivity (Wildman–Crippen MR) is 81.3 cm³/mol. The van der Waals surface area contributed by atoms with Crippen LogP contribution in [0.25, 0.3) is 0 Å². The van der Waals surface area contributed by atoms with Gasteiger partial charge in [0.1, 0.15) is 0 Å². The zero-order chi connectivity index (χ0) is 13.4. The average molecular weight is 269 g/mol. The Kier molecular flexibility index (Phi) is 8.59. The van der Waals surface area contributed by atoms with E-state index in [9.17, 15) is 0 Å². The van der Waals surface area contributed by atoms with Crippen molar-refractivity contribution in [1.29, 1.82) is 0 Å². The Bertz CT molecular complexity index is 199. The van der Waals surface area contributed by atoms with Gasteiger partial charge in [0.25, 0.3) is 0 Å². The monoisotopic (exact) mass is 269 g/mol. The summed E-state index contributed by atoms with van der Waals surface area (Å²) < 4.78 is 6.46. The van der Waals surface area contributed by atoms with Gasteiger partial charge in [-0.2, -0.15) is 0 Å². The highest BCUT2D eigenvalue weighted by atomic mass is 27.2. The van der Waals surface area contributed by atoms with Crippen LogP contribution in [0.1, 0.15) is 53.4 Å². The maximum absolute atomic E-state index is 6.46. The quantitative estimate of drug-likeness (QED) is 0.619. The van der Waals surface area contributed by atoms with E-state index in [0.717, 1.165) is 5.92 Å². The summed E-state index contributed by atoms with van der Waals surface area (Å²) in [5.74, 6) is 0.816. The Balaban J connectivity index is 2.32. The molecule has 1 unspecified atom stereocenters. The van der Waals surface area contributed by atoms with Gasteiger partial charge in [-0.25, -0.2) is 0 Å². The molecule has 1 fully saturated rings. The fourth-order valence-corrected chi connectivity index (χ4v) is 5.76. The first-order valence-corrected chi connectivity index (χ1v) is 10.2. The lowest BCUT2D eigenvalue weighted by Gasteiger charge is -2.35. The maximum atomic E-state index is 6.46. The lowest BCUT2D eigenvalue weighted by Crippen LogP contribution is -2.39. The number of likely N-dealkylation sites (tertiary alicyclic amines) is 1. The van der Waals surface area contributed by atoms with E-state index in [2.05, 4.69) is 32.6 Å². The summed E-state index contributed by atoms with van der Waals surface area (Å²) in [7, 11) is 0. The highest BCUT2D eigenvalue weighted by molar-refractivity contribution is 6.51. The summed E-state index contributed by atoms with van der Waals surface area (Å²) in [6, 6.07) is 0. The van der Waals surface area contributed by atoms with E-state index in [0.29, 0.717) is 6.10 Å². The van der Waals surface area contributed by atoms with Gasteiger partial charge in [-0.15, -0.1) is 0 Å². The van der Waals surface area contributed by atoms with Crippen LogP contribution in [-0.4, -0.2) is 45.1 Å². The van der Waals surface area contributed by atoms with Crippen molar-refractivity contribution in [2.75, 3.05) is 19.6 Å². The van der Waals surface area contributed by atoms with Gasteiger partial charge < -0.3 is 8.69 Å². The summed E-state index contributed by atoms with van der Waals surface area (Å²) in [5.41, 5.74) is 0. The Labute approximate surface area is 119 Å². The van der Waals surface area contributed by atoms with Crippen LogP contribution in [0.2, 0.25) is 10.6 Å². The SMILES string of the molecule is CC[CH2][Al]([CH2]CC)[O]C(C)C1CCN(CC)CC1. The largest absolute Gasteiger partial charge is 0.498 e. The second-order valence-corrected chi connectivity index (χ2v) is 8.48. The first-order valence-electron chi connectivity index (χ1n) is 8.09. The van der Waals surface area contributed by atoms with E-state index in [1.807, 2.05) is 0 Å².